The Bertz CT molecular complexity index is 805. The molecule has 0 amide bonds. The number of nitrogens with one attached hydrogen (secondary N) is 1. The van der Waals surface area contributed by atoms with E-state index in [-0.39, 0.29) is 6.04 Å². The molecule has 4 heteroatoms. The molecule has 3 aromatic rings. The van der Waals surface area contributed by atoms with Gasteiger partial charge in [0.15, 0.2) is 0 Å². The minimum absolute atomic E-state index is 0.194. The average molecular weight is 340 g/mol. The van der Waals surface area contributed by atoms with E-state index in [1.54, 1.807) is 11.8 Å². The zero-order valence-corrected chi connectivity index (χ0v) is 15.6. The number of nitrogens with zero attached hydrogens (tertiary/aromatic N) is 2. The fourth-order valence-electron chi connectivity index (χ4n) is 3.02. The standard InChI is InChI=1S/C20H25N3S/c1-14(2)23-19-8-6-5-7-18(19)22-20(23)15(3)21-13-16-9-11-17(24-4)12-10-16/h5-12,14-15,21H,13H2,1-4H3/t15-/m0/s1. The Morgan fingerprint density at radius 2 is 1.75 bits per heavy atom. The largest absolute Gasteiger partial charge is 0.324 e. The van der Waals surface area contributed by atoms with Crippen LogP contribution < -0.4 is 5.32 Å². The van der Waals surface area contributed by atoms with Crippen LogP contribution in [0.5, 0.6) is 0 Å². The number of hydrogen-bond acceptors (Lipinski definition) is 3. The van der Waals surface area contributed by atoms with Crippen molar-refractivity contribution in [3.8, 4) is 0 Å². The van der Waals surface area contributed by atoms with Gasteiger partial charge in [0, 0.05) is 17.5 Å². The summed E-state index contributed by atoms with van der Waals surface area (Å²) in [5.41, 5.74) is 3.58. The van der Waals surface area contributed by atoms with Crippen LogP contribution in [0.1, 0.15) is 44.2 Å². The highest BCUT2D eigenvalue weighted by molar-refractivity contribution is 7.98. The number of thioether (sulfide) groups is 1. The molecular formula is C20H25N3S. The molecule has 0 aliphatic heterocycles. The van der Waals surface area contributed by atoms with Crippen LogP contribution in [-0.2, 0) is 6.54 Å². The van der Waals surface area contributed by atoms with Crippen LogP contribution in [0.25, 0.3) is 11.0 Å². The molecule has 0 bridgehead atoms. The summed E-state index contributed by atoms with van der Waals surface area (Å²) in [6.45, 7) is 7.46. The smallest absolute Gasteiger partial charge is 0.127 e. The Morgan fingerprint density at radius 3 is 2.42 bits per heavy atom. The molecule has 0 radical (unpaired) electrons. The second-order valence-corrected chi connectivity index (χ2v) is 7.25. The fraction of sp³-hybridized carbons (Fsp3) is 0.350. The van der Waals surface area contributed by atoms with E-state index >= 15 is 0 Å². The number of aromatic nitrogens is 2. The van der Waals surface area contributed by atoms with Gasteiger partial charge in [0.1, 0.15) is 5.82 Å². The summed E-state index contributed by atoms with van der Waals surface area (Å²) in [6.07, 6.45) is 2.10. The molecule has 126 valence electrons. The van der Waals surface area contributed by atoms with Gasteiger partial charge in [0.2, 0.25) is 0 Å². The van der Waals surface area contributed by atoms with E-state index in [9.17, 15) is 0 Å². The molecule has 3 rings (SSSR count). The summed E-state index contributed by atoms with van der Waals surface area (Å²) >= 11 is 1.77. The highest BCUT2D eigenvalue weighted by atomic mass is 32.2. The van der Waals surface area contributed by atoms with Gasteiger partial charge in [-0.3, -0.25) is 0 Å². The highest BCUT2D eigenvalue weighted by Gasteiger charge is 2.17. The third kappa shape index (κ3) is 3.50. The minimum atomic E-state index is 0.194. The number of fused-ring (bicyclic) bond motifs is 1. The van der Waals surface area contributed by atoms with Gasteiger partial charge in [-0.05, 0) is 56.9 Å². The highest BCUT2D eigenvalue weighted by Crippen LogP contribution is 2.25. The normalized spacial score (nSPS) is 12.9. The molecule has 0 aliphatic carbocycles. The van der Waals surface area contributed by atoms with Gasteiger partial charge in [-0.15, -0.1) is 11.8 Å². The quantitative estimate of drug-likeness (QED) is 0.627. The fourth-order valence-corrected chi connectivity index (χ4v) is 3.43. The van der Waals surface area contributed by atoms with E-state index in [2.05, 4.69) is 85.4 Å². The summed E-state index contributed by atoms with van der Waals surface area (Å²) in [6, 6.07) is 17.7. The van der Waals surface area contributed by atoms with Gasteiger partial charge in [-0.2, -0.15) is 0 Å². The number of benzene rings is 2. The molecule has 0 saturated carbocycles. The van der Waals surface area contributed by atoms with Gasteiger partial charge in [-0.25, -0.2) is 4.98 Å². The average Bonchev–Trinajstić information content (AvgIpc) is 3.00. The Labute approximate surface area is 148 Å². The summed E-state index contributed by atoms with van der Waals surface area (Å²) in [4.78, 5) is 6.17. The molecule has 1 heterocycles. The van der Waals surface area contributed by atoms with Crippen LogP contribution >= 0.6 is 11.8 Å². The van der Waals surface area contributed by atoms with Crippen LogP contribution in [-0.4, -0.2) is 15.8 Å². The Balaban J connectivity index is 1.80. The van der Waals surface area contributed by atoms with Crippen molar-refractivity contribution in [3.05, 3.63) is 59.9 Å². The van der Waals surface area contributed by atoms with Gasteiger partial charge < -0.3 is 9.88 Å². The lowest BCUT2D eigenvalue weighted by atomic mass is 10.2. The van der Waals surface area contributed by atoms with Crippen molar-refractivity contribution in [3.63, 3.8) is 0 Å². The number of hydrogen-bond donors (Lipinski definition) is 1. The van der Waals surface area contributed by atoms with E-state index in [1.165, 1.54) is 16.0 Å². The summed E-state index contributed by atoms with van der Waals surface area (Å²) in [5, 5.41) is 3.62. The summed E-state index contributed by atoms with van der Waals surface area (Å²) in [7, 11) is 0. The minimum Gasteiger partial charge on any atom is -0.324 e. The van der Waals surface area contributed by atoms with Crippen LogP contribution in [0, 0.1) is 0 Å². The van der Waals surface area contributed by atoms with Gasteiger partial charge in [0.25, 0.3) is 0 Å². The molecule has 3 nitrogen and oxygen atoms in total. The third-order valence-electron chi connectivity index (χ3n) is 4.30. The van der Waals surface area contributed by atoms with Crippen LogP contribution in [0.15, 0.2) is 53.4 Å². The molecule has 2 aromatic carbocycles. The predicted octanol–water partition coefficient (Wildman–Crippen LogP) is 5.19. The van der Waals surface area contributed by atoms with E-state index in [0.29, 0.717) is 6.04 Å². The van der Waals surface area contributed by atoms with Crippen molar-refractivity contribution < 1.29 is 0 Å². The molecule has 1 N–H and O–H groups in total. The number of para-hydroxylation sites is 2. The second kappa shape index (κ2) is 7.41. The molecule has 1 aromatic heterocycles. The van der Waals surface area contributed by atoms with Crippen molar-refractivity contribution >= 4 is 22.8 Å². The lowest BCUT2D eigenvalue weighted by Gasteiger charge is -2.19. The molecule has 1 atom stereocenters. The summed E-state index contributed by atoms with van der Waals surface area (Å²) in [5.74, 6) is 1.10. The number of imidazole rings is 1. The zero-order valence-electron chi connectivity index (χ0n) is 14.8. The lowest BCUT2D eigenvalue weighted by Crippen LogP contribution is -2.22. The van der Waals surface area contributed by atoms with Crippen LogP contribution in [0.2, 0.25) is 0 Å². The molecule has 0 spiro atoms. The SMILES string of the molecule is CSc1ccc(CN[C@@H](C)c2nc3ccccc3n2C(C)C)cc1. The van der Waals surface area contributed by atoms with Gasteiger partial charge >= 0.3 is 0 Å². The van der Waals surface area contributed by atoms with E-state index in [0.717, 1.165) is 17.9 Å². The lowest BCUT2D eigenvalue weighted by molar-refractivity contribution is 0.491. The Kier molecular flexibility index (Phi) is 5.27. The van der Waals surface area contributed by atoms with Gasteiger partial charge in [0.05, 0.1) is 17.1 Å². The summed E-state index contributed by atoms with van der Waals surface area (Å²) < 4.78 is 2.34. The van der Waals surface area contributed by atoms with E-state index < -0.39 is 0 Å². The third-order valence-corrected chi connectivity index (χ3v) is 5.04. The topological polar surface area (TPSA) is 29.9 Å². The van der Waals surface area contributed by atoms with Gasteiger partial charge in [-0.1, -0.05) is 24.3 Å². The Morgan fingerprint density at radius 1 is 1.04 bits per heavy atom. The first-order valence-corrected chi connectivity index (χ1v) is 9.65. The predicted molar refractivity (Wildman–Crippen MR) is 104 cm³/mol. The monoisotopic (exact) mass is 339 g/mol. The molecule has 0 aliphatic rings. The maximum Gasteiger partial charge on any atom is 0.127 e. The molecule has 0 unspecified atom stereocenters. The molecule has 24 heavy (non-hydrogen) atoms. The van der Waals surface area contributed by atoms with Crippen molar-refractivity contribution in [2.75, 3.05) is 6.26 Å². The first-order chi connectivity index (χ1) is 11.6. The maximum atomic E-state index is 4.87. The second-order valence-electron chi connectivity index (χ2n) is 6.37. The van der Waals surface area contributed by atoms with Crippen LogP contribution in [0.3, 0.4) is 0 Å². The van der Waals surface area contributed by atoms with E-state index in [4.69, 9.17) is 4.98 Å². The van der Waals surface area contributed by atoms with E-state index in [1.807, 2.05) is 0 Å². The molecule has 0 fully saturated rings. The molecule has 0 saturated heterocycles. The van der Waals surface area contributed by atoms with Crippen molar-refractivity contribution in [1.82, 2.24) is 14.9 Å². The zero-order chi connectivity index (χ0) is 17.1. The first kappa shape index (κ1) is 17.1. The number of rotatable bonds is 6. The Hall–Kier alpha value is -1.78. The van der Waals surface area contributed by atoms with Crippen LogP contribution in [0.4, 0.5) is 0 Å². The van der Waals surface area contributed by atoms with Crippen molar-refractivity contribution in [2.24, 2.45) is 0 Å². The first-order valence-electron chi connectivity index (χ1n) is 8.43. The maximum absolute atomic E-state index is 4.87. The van der Waals surface area contributed by atoms with Crippen molar-refractivity contribution in [2.45, 2.75) is 44.3 Å². The van der Waals surface area contributed by atoms with Crippen molar-refractivity contribution in [1.29, 1.82) is 0 Å². The molecular weight excluding hydrogens is 314 g/mol.